The van der Waals surface area contributed by atoms with Gasteiger partial charge in [0.05, 0.1) is 0 Å². The van der Waals surface area contributed by atoms with E-state index in [1.165, 1.54) is 70.9 Å². The average Bonchev–Trinajstić information content (AvgIpc) is 2.83. The first-order valence-electron chi connectivity index (χ1n) is 10.1. The van der Waals surface area contributed by atoms with Gasteiger partial charge in [0.15, 0.2) is 0 Å². The zero-order valence-corrected chi connectivity index (χ0v) is 16.5. The molecule has 6 N–H and O–H groups in total. The fourth-order valence-corrected chi connectivity index (χ4v) is 3.08. The van der Waals surface area contributed by atoms with Crippen LogP contribution in [0.15, 0.2) is 0 Å². The minimum Gasteiger partial charge on any atom is -0.330 e. The molecule has 1 saturated carbocycles. The Balaban J connectivity index is 0.000000334. The molecule has 146 valence electrons. The summed E-state index contributed by atoms with van der Waals surface area (Å²) in [5.74, 6) is 0. The molecular formula is C19H45N5. The molecule has 0 aromatic heterocycles. The molecule has 1 aliphatic carbocycles. The Morgan fingerprint density at radius 1 is 0.833 bits per heavy atom. The van der Waals surface area contributed by atoms with Crippen LogP contribution in [-0.2, 0) is 0 Å². The lowest BCUT2D eigenvalue weighted by Gasteiger charge is -2.25. The Bertz CT molecular complexity index is 231. The van der Waals surface area contributed by atoms with E-state index >= 15 is 0 Å². The molecule has 1 saturated heterocycles. The highest BCUT2D eigenvalue weighted by Crippen LogP contribution is 2.14. The molecule has 0 amide bonds. The highest BCUT2D eigenvalue weighted by molar-refractivity contribution is 4.65. The lowest BCUT2D eigenvalue weighted by molar-refractivity contribution is 0.235. The molecule has 1 heterocycles. The molecule has 0 atom stereocenters. The average molecular weight is 344 g/mol. The van der Waals surface area contributed by atoms with E-state index in [2.05, 4.69) is 23.9 Å². The fourth-order valence-electron chi connectivity index (χ4n) is 3.08. The molecule has 0 aromatic carbocycles. The maximum absolute atomic E-state index is 5.73. The summed E-state index contributed by atoms with van der Waals surface area (Å²) in [5.41, 5.74) is 16.4. The van der Waals surface area contributed by atoms with Gasteiger partial charge in [-0.1, -0.05) is 32.1 Å². The second-order valence-corrected chi connectivity index (χ2v) is 7.39. The lowest BCUT2D eigenvalue weighted by Crippen LogP contribution is -2.33. The van der Waals surface area contributed by atoms with Crippen molar-refractivity contribution in [3.05, 3.63) is 0 Å². The quantitative estimate of drug-likeness (QED) is 0.665. The van der Waals surface area contributed by atoms with Crippen LogP contribution in [-0.4, -0.2) is 69.2 Å². The van der Waals surface area contributed by atoms with E-state index in [0.29, 0.717) is 6.04 Å². The Morgan fingerprint density at radius 2 is 1.38 bits per heavy atom. The van der Waals surface area contributed by atoms with E-state index in [0.717, 1.165) is 32.6 Å². The Labute approximate surface area is 151 Å². The first-order chi connectivity index (χ1) is 11.6. The Hall–Kier alpha value is -0.200. The van der Waals surface area contributed by atoms with Crippen molar-refractivity contribution in [1.29, 1.82) is 0 Å². The van der Waals surface area contributed by atoms with Crippen LogP contribution in [0.4, 0.5) is 0 Å². The monoisotopic (exact) mass is 343 g/mol. The van der Waals surface area contributed by atoms with Gasteiger partial charge in [-0.05, 0) is 72.4 Å². The van der Waals surface area contributed by atoms with Crippen molar-refractivity contribution in [3.63, 3.8) is 0 Å². The molecule has 0 aromatic rings. The van der Waals surface area contributed by atoms with Crippen molar-refractivity contribution in [2.24, 2.45) is 17.2 Å². The largest absolute Gasteiger partial charge is 0.330 e. The molecule has 1 aliphatic heterocycles. The highest BCUT2D eigenvalue weighted by Gasteiger charge is 2.07. The number of hydrogen-bond donors (Lipinski definition) is 3. The molecule has 5 heteroatoms. The van der Waals surface area contributed by atoms with Gasteiger partial charge in [0.2, 0.25) is 0 Å². The normalized spacial score (nSPS) is 19.8. The standard InChI is InChI=1S/C7H16N2.C7H15N.C5H14N2/c8-4-7-9-5-2-1-3-6-9;8-7-5-3-1-2-4-6-7;1-7(2)5-3-4-6/h1-8H2;7H,1-6,8H2;3-6H2,1-2H3. The molecule has 24 heavy (non-hydrogen) atoms. The molecule has 5 nitrogen and oxygen atoms in total. The van der Waals surface area contributed by atoms with E-state index in [1.54, 1.807) is 0 Å². The third kappa shape index (κ3) is 16.7. The number of nitrogens with two attached hydrogens (primary N) is 3. The fraction of sp³-hybridized carbons (Fsp3) is 1.00. The van der Waals surface area contributed by atoms with Crippen molar-refractivity contribution in [2.45, 2.75) is 70.3 Å². The summed E-state index contributed by atoms with van der Waals surface area (Å²) >= 11 is 0. The smallest absolute Gasteiger partial charge is 0.0105 e. The summed E-state index contributed by atoms with van der Waals surface area (Å²) in [6.45, 7) is 6.38. The molecule has 0 radical (unpaired) electrons. The van der Waals surface area contributed by atoms with Crippen molar-refractivity contribution in [2.75, 3.05) is 53.4 Å². The third-order valence-electron chi connectivity index (χ3n) is 4.60. The SMILES string of the molecule is CN(C)CCCN.NC1CCCCCC1.NCCN1CCCCC1. The first kappa shape index (κ1) is 23.8. The second-order valence-electron chi connectivity index (χ2n) is 7.39. The predicted molar refractivity (Wildman–Crippen MR) is 107 cm³/mol. The van der Waals surface area contributed by atoms with Crippen LogP contribution < -0.4 is 17.2 Å². The summed E-state index contributed by atoms with van der Waals surface area (Å²) in [6, 6.07) is 0.525. The lowest BCUT2D eigenvalue weighted by atomic mass is 10.1. The van der Waals surface area contributed by atoms with Crippen molar-refractivity contribution >= 4 is 0 Å². The van der Waals surface area contributed by atoms with Gasteiger partial charge in [0, 0.05) is 19.1 Å². The highest BCUT2D eigenvalue weighted by atomic mass is 15.1. The van der Waals surface area contributed by atoms with Gasteiger partial charge in [-0.2, -0.15) is 0 Å². The number of likely N-dealkylation sites (tertiary alicyclic amines) is 1. The summed E-state index contributed by atoms with van der Waals surface area (Å²) in [6.07, 6.45) is 13.3. The molecule has 0 bridgehead atoms. The number of rotatable bonds is 5. The molecule has 0 unspecified atom stereocenters. The van der Waals surface area contributed by atoms with Gasteiger partial charge in [-0.15, -0.1) is 0 Å². The molecule has 2 rings (SSSR count). The van der Waals surface area contributed by atoms with Crippen molar-refractivity contribution < 1.29 is 0 Å². The molecular weight excluding hydrogens is 298 g/mol. The van der Waals surface area contributed by atoms with Crippen LogP contribution in [0.1, 0.15) is 64.2 Å². The zero-order valence-electron chi connectivity index (χ0n) is 16.5. The topological polar surface area (TPSA) is 84.5 Å². The molecule has 0 spiro atoms. The van der Waals surface area contributed by atoms with Crippen LogP contribution in [0.2, 0.25) is 0 Å². The molecule has 2 aliphatic rings. The summed E-state index contributed by atoms with van der Waals surface area (Å²) in [7, 11) is 4.10. The van der Waals surface area contributed by atoms with Gasteiger partial charge in [-0.25, -0.2) is 0 Å². The van der Waals surface area contributed by atoms with E-state index in [9.17, 15) is 0 Å². The summed E-state index contributed by atoms with van der Waals surface area (Å²) < 4.78 is 0. The van der Waals surface area contributed by atoms with E-state index in [1.807, 2.05) is 0 Å². The van der Waals surface area contributed by atoms with E-state index < -0.39 is 0 Å². The van der Waals surface area contributed by atoms with Gasteiger partial charge in [0.1, 0.15) is 0 Å². The van der Waals surface area contributed by atoms with Crippen molar-refractivity contribution in [1.82, 2.24) is 9.80 Å². The second kappa shape index (κ2) is 17.6. The van der Waals surface area contributed by atoms with Crippen molar-refractivity contribution in [3.8, 4) is 0 Å². The maximum Gasteiger partial charge on any atom is 0.0105 e. The maximum atomic E-state index is 5.73. The van der Waals surface area contributed by atoms with Crippen LogP contribution in [0.3, 0.4) is 0 Å². The van der Waals surface area contributed by atoms with Gasteiger partial charge in [-0.3, -0.25) is 0 Å². The number of hydrogen-bond acceptors (Lipinski definition) is 5. The number of piperidine rings is 1. The van der Waals surface area contributed by atoms with Crippen LogP contribution in [0.25, 0.3) is 0 Å². The van der Waals surface area contributed by atoms with E-state index in [-0.39, 0.29) is 0 Å². The minimum atomic E-state index is 0.525. The summed E-state index contributed by atoms with van der Waals surface area (Å²) in [5, 5.41) is 0. The van der Waals surface area contributed by atoms with Crippen LogP contribution in [0.5, 0.6) is 0 Å². The minimum absolute atomic E-state index is 0.525. The Morgan fingerprint density at radius 3 is 1.79 bits per heavy atom. The Kier molecular flexibility index (Phi) is 17.5. The van der Waals surface area contributed by atoms with Gasteiger partial charge >= 0.3 is 0 Å². The third-order valence-corrected chi connectivity index (χ3v) is 4.60. The summed E-state index contributed by atoms with van der Waals surface area (Å²) in [4.78, 5) is 4.58. The van der Waals surface area contributed by atoms with Gasteiger partial charge in [0.25, 0.3) is 0 Å². The number of nitrogens with zero attached hydrogens (tertiary/aromatic N) is 2. The van der Waals surface area contributed by atoms with Gasteiger partial charge < -0.3 is 27.0 Å². The van der Waals surface area contributed by atoms with Crippen LogP contribution in [0, 0.1) is 0 Å². The first-order valence-corrected chi connectivity index (χ1v) is 10.1. The predicted octanol–water partition coefficient (Wildman–Crippen LogP) is 2.00. The van der Waals surface area contributed by atoms with Crippen LogP contribution >= 0.6 is 0 Å². The van der Waals surface area contributed by atoms with E-state index in [4.69, 9.17) is 17.2 Å². The zero-order chi connectivity index (χ0) is 18.0. The molecule has 2 fully saturated rings.